The molecule has 0 unspecified atom stereocenters. The van der Waals surface area contributed by atoms with Crippen LogP contribution in [-0.4, -0.2) is 18.4 Å². The van der Waals surface area contributed by atoms with Gasteiger partial charge in [-0.1, -0.05) is 29.8 Å². The Bertz CT molecular complexity index is 668. The summed E-state index contributed by atoms with van der Waals surface area (Å²) in [6, 6.07) is 7.61. The van der Waals surface area contributed by atoms with Crippen LogP contribution in [0.1, 0.15) is 11.1 Å². The minimum atomic E-state index is -3.62. The lowest BCUT2D eigenvalue weighted by atomic mass is 10.1. The molecule has 0 saturated carbocycles. The van der Waals surface area contributed by atoms with Gasteiger partial charge >= 0.3 is 0 Å². The molecule has 0 bridgehead atoms. The first kappa shape index (κ1) is 13.4. The molecule has 2 aromatic rings. The third-order valence-corrected chi connectivity index (χ3v) is 3.86. The van der Waals surface area contributed by atoms with Crippen LogP contribution in [0.25, 0.3) is 0 Å². The van der Waals surface area contributed by atoms with Gasteiger partial charge in [0.25, 0.3) is 0 Å². The summed E-state index contributed by atoms with van der Waals surface area (Å²) in [6.45, 7) is 2.17. The smallest absolute Gasteiger partial charge is 0.243 e. The van der Waals surface area contributed by atoms with Crippen molar-refractivity contribution in [2.24, 2.45) is 0 Å². The molecule has 1 heterocycles. The SMILES string of the molecule is Cc1cccc(CNS(=O)(=O)c2cnc(N)nc2)c1. The Kier molecular flexibility index (Phi) is 3.77. The maximum atomic E-state index is 12.0. The van der Waals surface area contributed by atoms with Crippen LogP contribution in [0.3, 0.4) is 0 Å². The second-order valence-corrected chi connectivity index (χ2v) is 5.86. The van der Waals surface area contributed by atoms with Crippen LogP contribution in [0.15, 0.2) is 41.6 Å². The van der Waals surface area contributed by atoms with Crippen LogP contribution in [-0.2, 0) is 16.6 Å². The van der Waals surface area contributed by atoms with Gasteiger partial charge in [-0.3, -0.25) is 0 Å². The Morgan fingerprint density at radius 3 is 2.58 bits per heavy atom. The molecule has 0 radical (unpaired) electrons. The lowest BCUT2D eigenvalue weighted by Crippen LogP contribution is -2.23. The van der Waals surface area contributed by atoms with E-state index in [1.807, 2.05) is 31.2 Å². The second-order valence-electron chi connectivity index (χ2n) is 4.09. The molecule has 0 atom stereocenters. The fourth-order valence-electron chi connectivity index (χ4n) is 1.55. The molecule has 7 heteroatoms. The number of nitrogens with two attached hydrogens (primary N) is 1. The number of hydrogen-bond donors (Lipinski definition) is 2. The zero-order valence-electron chi connectivity index (χ0n) is 10.4. The van der Waals surface area contributed by atoms with E-state index in [0.717, 1.165) is 11.1 Å². The predicted octanol–water partition coefficient (Wildman–Crippen LogP) is 0.846. The lowest BCUT2D eigenvalue weighted by molar-refractivity contribution is 0.580. The molecular weight excluding hydrogens is 264 g/mol. The number of sulfonamides is 1. The molecule has 0 amide bonds. The summed E-state index contributed by atoms with van der Waals surface area (Å²) in [5.41, 5.74) is 7.28. The van der Waals surface area contributed by atoms with Gasteiger partial charge in [-0.15, -0.1) is 0 Å². The fraction of sp³-hybridized carbons (Fsp3) is 0.167. The zero-order chi connectivity index (χ0) is 13.9. The Morgan fingerprint density at radius 2 is 1.95 bits per heavy atom. The van der Waals surface area contributed by atoms with E-state index in [4.69, 9.17) is 5.73 Å². The predicted molar refractivity (Wildman–Crippen MR) is 71.6 cm³/mol. The molecule has 0 spiro atoms. The highest BCUT2D eigenvalue weighted by Crippen LogP contribution is 2.08. The van der Waals surface area contributed by atoms with Gasteiger partial charge in [0.1, 0.15) is 4.90 Å². The molecule has 2 rings (SSSR count). The van der Waals surface area contributed by atoms with Crippen LogP contribution in [0.4, 0.5) is 5.95 Å². The largest absolute Gasteiger partial charge is 0.368 e. The number of nitrogen functional groups attached to an aromatic ring is 1. The third kappa shape index (κ3) is 3.49. The fourth-order valence-corrected chi connectivity index (χ4v) is 2.46. The topological polar surface area (TPSA) is 98.0 Å². The number of aromatic nitrogens is 2. The molecule has 1 aromatic heterocycles. The molecule has 0 aliphatic heterocycles. The summed E-state index contributed by atoms with van der Waals surface area (Å²) in [5.74, 6) is 0.0395. The summed E-state index contributed by atoms with van der Waals surface area (Å²) >= 11 is 0. The van der Waals surface area contributed by atoms with E-state index in [1.54, 1.807) is 0 Å². The molecule has 1 aromatic carbocycles. The number of hydrogen-bond acceptors (Lipinski definition) is 5. The van der Waals surface area contributed by atoms with Gasteiger partial charge in [0.15, 0.2) is 0 Å². The average molecular weight is 278 g/mol. The number of anilines is 1. The monoisotopic (exact) mass is 278 g/mol. The molecule has 3 N–H and O–H groups in total. The number of benzene rings is 1. The minimum Gasteiger partial charge on any atom is -0.368 e. The Morgan fingerprint density at radius 1 is 1.26 bits per heavy atom. The quantitative estimate of drug-likeness (QED) is 0.863. The standard InChI is InChI=1S/C12H14N4O2S/c1-9-3-2-4-10(5-9)6-16-19(17,18)11-7-14-12(13)15-8-11/h2-5,7-8,16H,6H2,1H3,(H2,13,14,15). The Labute approximate surface area is 111 Å². The number of nitrogens with zero attached hydrogens (tertiary/aromatic N) is 2. The second kappa shape index (κ2) is 5.33. The Balaban J connectivity index is 2.12. The van der Waals surface area contributed by atoms with Crippen LogP contribution in [0.5, 0.6) is 0 Å². The Hall–Kier alpha value is -1.99. The van der Waals surface area contributed by atoms with E-state index in [2.05, 4.69) is 14.7 Å². The van der Waals surface area contributed by atoms with E-state index in [9.17, 15) is 8.42 Å². The summed E-state index contributed by atoms with van der Waals surface area (Å²) in [6.07, 6.45) is 2.36. The normalized spacial score (nSPS) is 11.4. The lowest BCUT2D eigenvalue weighted by Gasteiger charge is -2.07. The number of nitrogens with one attached hydrogen (secondary N) is 1. The summed E-state index contributed by atoms with van der Waals surface area (Å²) in [7, 11) is -3.62. The van der Waals surface area contributed by atoms with Crippen molar-refractivity contribution in [3.8, 4) is 0 Å². The summed E-state index contributed by atoms with van der Waals surface area (Å²) < 4.78 is 26.4. The molecule has 0 aliphatic carbocycles. The van der Waals surface area contributed by atoms with Gasteiger partial charge in [-0.25, -0.2) is 23.1 Å². The van der Waals surface area contributed by atoms with Crippen molar-refractivity contribution in [1.29, 1.82) is 0 Å². The van der Waals surface area contributed by atoms with E-state index in [0.29, 0.717) is 0 Å². The highest BCUT2D eigenvalue weighted by atomic mass is 32.2. The molecular formula is C12H14N4O2S. The molecule has 6 nitrogen and oxygen atoms in total. The van der Waals surface area contributed by atoms with E-state index in [1.165, 1.54) is 12.4 Å². The average Bonchev–Trinajstić information content (AvgIpc) is 2.37. The van der Waals surface area contributed by atoms with E-state index < -0.39 is 10.0 Å². The van der Waals surface area contributed by atoms with Crippen molar-refractivity contribution in [2.45, 2.75) is 18.4 Å². The van der Waals surface area contributed by atoms with E-state index in [-0.39, 0.29) is 17.4 Å². The number of rotatable bonds is 4. The third-order valence-electron chi connectivity index (χ3n) is 2.51. The highest BCUT2D eigenvalue weighted by Gasteiger charge is 2.14. The van der Waals surface area contributed by atoms with Gasteiger partial charge in [0.05, 0.1) is 12.4 Å². The van der Waals surface area contributed by atoms with Crippen molar-refractivity contribution in [2.75, 3.05) is 5.73 Å². The molecule has 0 aliphatic rings. The van der Waals surface area contributed by atoms with Crippen molar-refractivity contribution in [3.63, 3.8) is 0 Å². The summed E-state index contributed by atoms with van der Waals surface area (Å²) in [5, 5.41) is 0. The molecule has 0 saturated heterocycles. The van der Waals surface area contributed by atoms with Crippen molar-refractivity contribution >= 4 is 16.0 Å². The number of aryl methyl sites for hydroxylation is 1. The van der Waals surface area contributed by atoms with Crippen LogP contribution < -0.4 is 10.5 Å². The maximum Gasteiger partial charge on any atom is 0.243 e. The molecule has 19 heavy (non-hydrogen) atoms. The first-order valence-corrected chi connectivity index (χ1v) is 7.08. The molecule has 100 valence electrons. The van der Waals surface area contributed by atoms with Gasteiger partial charge in [0.2, 0.25) is 16.0 Å². The minimum absolute atomic E-state index is 0.00523. The summed E-state index contributed by atoms with van der Waals surface area (Å²) in [4.78, 5) is 7.32. The van der Waals surface area contributed by atoms with Crippen LogP contribution in [0.2, 0.25) is 0 Å². The van der Waals surface area contributed by atoms with Crippen molar-refractivity contribution in [1.82, 2.24) is 14.7 Å². The van der Waals surface area contributed by atoms with Gasteiger partial charge in [-0.05, 0) is 12.5 Å². The first-order chi connectivity index (χ1) is 8.97. The van der Waals surface area contributed by atoms with Crippen molar-refractivity contribution < 1.29 is 8.42 Å². The zero-order valence-corrected chi connectivity index (χ0v) is 11.2. The first-order valence-electron chi connectivity index (χ1n) is 5.60. The van der Waals surface area contributed by atoms with Crippen LogP contribution >= 0.6 is 0 Å². The van der Waals surface area contributed by atoms with Gasteiger partial charge < -0.3 is 5.73 Å². The van der Waals surface area contributed by atoms with Crippen molar-refractivity contribution in [3.05, 3.63) is 47.8 Å². The van der Waals surface area contributed by atoms with Gasteiger partial charge in [-0.2, -0.15) is 0 Å². The maximum absolute atomic E-state index is 12.0. The van der Waals surface area contributed by atoms with E-state index >= 15 is 0 Å². The highest BCUT2D eigenvalue weighted by molar-refractivity contribution is 7.89. The van der Waals surface area contributed by atoms with Gasteiger partial charge in [0, 0.05) is 6.54 Å². The molecule has 0 fully saturated rings. The van der Waals surface area contributed by atoms with Crippen LogP contribution in [0, 0.1) is 6.92 Å².